The number of likely N-dealkylation sites (N-methyl/N-ethyl adjacent to an activating group) is 1. The molecule has 4 heteroatoms. The molecule has 0 saturated heterocycles. The molecule has 0 saturated carbocycles. The second kappa shape index (κ2) is 4.79. The van der Waals surface area contributed by atoms with Crippen LogP contribution in [0.1, 0.15) is 11.8 Å². The number of ether oxygens (including phenoxy) is 1. The van der Waals surface area contributed by atoms with Crippen LogP contribution in [-0.4, -0.2) is 30.8 Å². The van der Waals surface area contributed by atoms with E-state index in [4.69, 9.17) is 4.74 Å². The monoisotopic (exact) mass is 182 g/mol. The van der Waals surface area contributed by atoms with Gasteiger partial charge in [-0.15, -0.1) is 0 Å². The highest BCUT2D eigenvalue weighted by molar-refractivity contribution is 5.20. The van der Waals surface area contributed by atoms with Crippen molar-refractivity contribution in [1.82, 2.24) is 10.3 Å². The van der Waals surface area contributed by atoms with Gasteiger partial charge in [-0.3, -0.25) is 4.98 Å². The van der Waals surface area contributed by atoms with Gasteiger partial charge in [0.2, 0.25) is 0 Å². The van der Waals surface area contributed by atoms with E-state index in [1.165, 1.54) is 0 Å². The summed E-state index contributed by atoms with van der Waals surface area (Å²) in [5.74, 6) is 0.695. The Morgan fingerprint density at radius 1 is 1.62 bits per heavy atom. The first-order valence-corrected chi connectivity index (χ1v) is 4.10. The van der Waals surface area contributed by atoms with Gasteiger partial charge in [-0.1, -0.05) is 0 Å². The molecule has 0 amide bonds. The molecule has 0 bridgehead atoms. The first kappa shape index (κ1) is 9.95. The molecule has 1 heterocycles. The molecule has 4 nitrogen and oxygen atoms in total. The van der Waals surface area contributed by atoms with Gasteiger partial charge in [0.15, 0.2) is 0 Å². The van der Waals surface area contributed by atoms with Gasteiger partial charge in [-0.2, -0.15) is 0 Å². The van der Waals surface area contributed by atoms with E-state index in [9.17, 15) is 5.11 Å². The number of rotatable bonds is 4. The fourth-order valence-corrected chi connectivity index (χ4v) is 1.01. The molecule has 1 atom stereocenters. The van der Waals surface area contributed by atoms with Crippen LogP contribution in [0.3, 0.4) is 0 Å². The minimum Gasteiger partial charge on any atom is -0.495 e. The minimum absolute atomic E-state index is 0.499. The zero-order valence-corrected chi connectivity index (χ0v) is 7.82. The molecular weight excluding hydrogens is 168 g/mol. The molecule has 0 aromatic carbocycles. The highest BCUT2D eigenvalue weighted by Crippen LogP contribution is 2.13. The third-order valence-electron chi connectivity index (χ3n) is 1.73. The van der Waals surface area contributed by atoms with Crippen molar-refractivity contribution in [3.05, 3.63) is 24.0 Å². The van der Waals surface area contributed by atoms with Gasteiger partial charge in [0, 0.05) is 6.54 Å². The number of aliphatic hydroxyl groups is 1. The van der Waals surface area contributed by atoms with Crippen LogP contribution in [0.5, 0.6) is 5.75 Å². The van der Waals surface area contributed by atoms with Crippen molar-refractivity contribution in [2.24, 2.45) is 0 Å². The molecule has 2 N–H and O–H groups in total. The van der Waals surface area contributed by atoms with Gasteiger partial charge in [0.1, 0.15) is 11.9 Å². The molecule has 1 aromatic heterocycles. The van der Waals surface area contributed by atoms with E-state index in [0.717, 1.165) is 0 Å². The molecule has 1 unspecified atom stereocenters. The fraction of sp³-hybridized carbons (Fsp3) is 0.444. The Labute approximate surface area is 77.6 Å². The summed E-state index contributed by atoms with van der Waals surface area (Å²) in [5, 5.41) is 12.4. The van der Waals surface area contributed by atoms with Crippen molar-refractivity contribution in [3.63, 3.8) is 0 Å². The molecular formula is C9H14N2O2. The molecule has 13 heavy (non-hydrogen) atoms. The van der Waals surface area contributed by atoms with Crippen LogP contribution in [0.15, 0.2) is 18.3 Å². The van der Waals surface area contributed by atoms with Crippen molar-refractivity contribution < 1.29 is 9.84 Å². The quantitative estimate of drug-likeness (QED) is 0.705. The molecule has 0 aliphatic heterocycles. The Bertz CT molecular complexity index is 248. The van der Waals surface area contributed by atoms with Gasteiger partial charge < -0.3 is 15.2 Å². The molecule has 0 spiro atoms. The Kier molecular flexibility index (Phi) is 3.67. The smallest absolute Gasteiger partial charge is 0.137 e. The first-order valence-electron chi connectivity index (χ1n) is 4.10. The maximum Gasteiger partial charge on any atom is 0.137 e. The van der Waals surface area contributed by atoms with Crippen LogP contribution < -0.4 is 10.1 Å². The number of aromatic nitrogens is 1. The van der Waals surface area contributed by atoms with Crippen molar-refractivity contribution in [3.8, 4) is 5.75 Å². The van der Waals surface area contributed by atoms with Crippen LogP contribution in [0.2, 0.25) is 0 Å². The van der Waals surface area contributed by atoms with E-state index in [-0.39, 0.29) is 0 Å². The summed E-state index contributed by atoms with van der Waals surface area (Å²) < 4.78 is 4.95. The predicted molar refractivity (Wildman–Crippen MR) is 49.7 cm³/mol. The molecule has 72 valence electrons. The molecule has 0 radical (unpaired) electrons. The molecule has 0 aliphatic carbocycles. The summed E-state index contributed by atoms with van der Waals surface area (Å²) in [6.45, 7) is 0.499. The number of nitrogens with one attached hydrogen (secondary N) is 1. The SMILES string of the molecule is CNCC(O)c1ccc(OC)cn1. The van der Waals surface area contributed by atoms with Crippen molar-refractivity contribution >= 4 is 0 Å². The van der Waals surface area contributed by atoms with Crippen LogP contribution >= 0.6 is 0 Å². The lowest BCUT2D eigenvalue weighted by atomic mass is 10.2. The standard InChI is InChI=1S/C9H14N2O2/c1-10-6-9(12)8-4-3-7(13-2)5-11-8/h3-5,9-10,12H,6H2,1-2H3. The summed E-state index contributed by atoms with van der Waals surface area (Å²) in [6.07, 6.45) is 1.03. The van der Waals surface area contributed by atoms with Crippen molar-refractivity contribution in [2.45, 2.75) is 6.10 Å². The molecule has 1 aromatic rings. The maximum absolute atomic E-state index is 9.52. The lowest BCUT2D eigenvalue weighted by molar-refractivity contribution is 0.173. The second-order valence-corrected chi connectivity index (χ2v) is 2.70. The number of nitrogens with zero attached hydrogens (tertiary/aromatic N) is 1. The average molecular weight is 182 g/mol. The summed E-state index contributed by atoms with van der Waals surface area (Å²) in [7, 11) is 3.37. The van der Waals surface area contributed by atoms with Gasteiger partial charge >= 0.3 is 0 Å². The van der Waals surface area contributed by atoms with E-state index in [1.54, 1.807) is 32.5 Å². The second-order valence-electron chi connectivity index (χ2n) is 2.70. The average Bonchev–Trinajstić information content (AvgIpc) is 2.18. The fourth-order valence-electron chi connectivity index (χ4n) is 1.01. The maximum atomic E-state index is 9.52. The Morgan fingerprint density at radius 3 is 2.85 bits per heavy atom. The Hall–Kier alpha value is -1.13. The van der Waals surface area contributed by atoms with Crippen molar-refractivity contribution in [2.75, 3.05) is 20.7 Å². The third-order valence-corrected chi connectivity index (χ3v) is 1.73. The predicted octanol–water partition coefficient (Wildman–Crippen LogP) is 0.343. The van der Waals surface area contributed by atoms with Crippen LogP contribution in [-0.2, 0) is 0 Å². The van der Waals surface area contributed by atoms with E-state index in [1.807, 2.05) is 0 Å². The van der Waals surface area contributed by atoms with E-state index < -0.39 is 6.10 Å². The van der Waals surface area contributed by atoms with Gasteiger partial charge in [-0.25, -0.2) is 0 Å². The topological polar surface area (TPSA) is 54.4 Å². The normalized spacial score (nSPS) is 12.5. The largest absolute Gasteiger partial charge is 0.495 e. The zero-order valence-electron chi connectivity index (χ0n) is 7.82. The van der Waals surface area contributed by atoms with Gasteiger partial charge in [0.25, 0.3) is 0 Å². The molecule has 1 rings (SSSR count). The molecule has 0 fully saturated rings. The lowest BCUT2D eigenvalue weighted by Gasteiger charge is -2.09. The van der Waals surface area contributed by atoms with Crippen LogP contribution in [0.4, 0.5) is 0 Å². The van der Waals surface area contributed by atoms with E-state index in [0.29, 0.717) is 18.0 Å². The summed E-state index contributed by atoms with van der Waals surface area (Å²) in [6, 6.07) is 3.53. The Morgan fingerprint density at radius 2 is 2.38 bits per heavy atom. The number of pyridine rings is 1. The van der Waals surface area contributed by atoms with Crippen molar-refractivity contribution in [1.29, 1.82) is 0 Å². The van der Waals surface area contributed by atoms with E-state index >= 15 is 0 Å². The summed E-state index contributed by atoms with van der Waals surface area (Å²) in [5.41, 5.74) is 0.648. The number of methoxy groups -OCH3 is 1. The Balaban J connectivity index is 2.67. The van der Waals surface area contributed by atoms with Crippen LogP contribution in [0, 0.1) is 0 Å². The zero-order chi connectivity index (χ0) is 9.68. The third kappa shape index (κ3) is 2.68. The van der Waals surface area contributed by atoms with Crippen LogP contribution in [0.25, 0.3) is 0 Å². The molecule has 0 aliphatic rings. The van der Waals surface area contributed by atoms with Gasteiger partial charge in [-0.05, 0) is 19.2 Å². The summed E-state index contributed by atoms with van der Waals surface area (Å²) >= 11 is 0. The number of aliphatic hydroxyl groups excluding tert-OH is 1. The minimum atomic E-state index is -0.559. The van der Waals surface area contributed by atoms with E-state index in [2.05, 4.69) is 10.3 Å². The summed E-state index contributed by atoms with van der Waals surface area (Å²) in [4.78, 5) is 4.05. The highest BCUT2D eigenvalue weighted by Gasteiger charge is 2.06. The number of hydrogen-bond acceptors (Lipinski definition) is 4. The highest BCUT2D eigenvalue weighted by atomic mass is 16.5. The first-order chi connectivity index (χ1) is 6.27. The van der Waals surface area contributed by atoms with Gasteiger partial charge in [0.05, 0.1) is 19.0 Å². The lowest BCUT2D eigenvalue weighted by Crippen LogP contribution is -2.17. The number of hydrogen-bond donors (Lipinski definition) is 2.